The highest BCUT2D eigenvalue weighted by Crippen LogP contribution is 2.48. The van der Waals surface area contributed by atoms with Crippen LogP contribution < -0.4 is 0 Å². The van der Waals surface area contributed by atoms with Crippen LogP contribution in [0.3, 0.4) is 0 Å². The van der Waals surface area contributed by atoms with Crippen LogP contribution in [0.4, 0.5) is 0 Å². The summed E-state index contributed by atoms with van der Waals surface area (Å²) in [4.78, 5) is 15.7. The lowest BCUT2D eigenvalue weighted by atomic mass is 9.98. The van der Waals surface area contributed by atoms with E-state index in [0.29, 0.717) is 0 Å². The number of aromatic nitrogens is 6. The maximum Gasteiger partial charge on any atom is 0.0716 e. The summed E-state index contributed by atoms with van der Waals surface area (Å²) < 4.78 is 7.32. The van der Waals surface area contributed by atoms with Crippen LogP contribution in [0.1, 0.15) is 0 Å². The third kappa shape index (κ3) is 14.6. The zero-order valence-electron chi connectivity index (χ0n) is 75.8. The molecule has 0 saturated heterocycles. The van der Waals surface area contributed by atoms with Gasteiger partial charge in [0.15, 0.2) is 0 Å². The van der Waals surface area contributed by atoms with Crippen LogP contribution in [-0.4, -0.2) is 28.7 Å². The van der Waals surface area contributed by atoms with Crippen molar-refractivity contribution in [2.45, 2.75) is 0 Å². The van der Waals surface area contributed by atoms with Crippen LogP contribution in [0.2, 0.25) is 0 Å². The summed E-state index contributed by atoms with van der Waals surface area (Å²) in [5.41, 5.74) is 29.9. The van der Waals surface area contributed by atoms with E-state index in [9.17, 15) is 0 Å². The number of hydrogen-bond acceptors (Lipinski definition) is 3. The van der Waals surface area contributed by atoms with Crippen LogP contribution in [0, 0.1) is 0 Å². The van der Waals surface area contributed by atoms with E-state index in [4.69, 9.17) is 15.0 Å². The molecule has 139 heavy (non-hydrogen) atoms. The zero-order valence-corrected chi connectivity index (χ0v) is 75.8. The average Bonchev–Trinajstić information content (AvgIpc) is 1.56. The van der Waals surface area contributed by atoms with Crippen molar-refractivity contribution >= 4 is 141 Å². The van der Waals surface area contributed by atoms with E-state index in [-0.39, 0.29) is 0 Å². The number of pyridine rings is 3. The summed E-state index contributed by atoms with van der Waals surface area (Å²) in [7, 11) is 0. The Morgan fingerprint density at radius 2 is 0.360 bits per heavy atom. The Kier molecular flexibility index (Phi) is 20.2. The lowest BCUT2D eigenvalue weighted by Gasteiger charge is -2.16. The van der Waals surface area contributed by atoms with Crippen molar-refractivity contribution in [3.8, 4) is 118 Å². The van der Waals surface area contributed by atoms with Crippen molar-refractivity contribution < 1.29 is 0 Å². The van der Waals surface area contributed by atoms with Gasteiger partial charge in [0.05, 0.1) is 73.0 Å². The summed E-state index contributed by atoms with van der Waals surface area (Å²) in [6, 6.07) is 187. The summed E-state index contributed by atoms with van der Waals surface area (Å²) in [6.07, 6.45) is 0. The molecular formula is C133H86N6. The Labute approximate surface area is 803 Å². The fourth-order valence-corrected chi connectivity index (χ4v) is 21.4. The SMILES string of the molecule is c1ccc(-c2cc(-c3ccccc3)nc(-c3cc(-n4c5ccc6ccccc6c5c5c6ccccc6ccc54)c4ccccc4c3)c2)cc1.c1ccc(-c2cc(-c3ccccc3)nc(-c3ccc(-n4c5ccc6ccccc6c5c5c6ccccc6ccc54)cc3)c2)cc1.c1ccc(-c2cc(-c3ccccc3)nc(-c3cccc(-n4c5ccc6ccccc6c5c5c6ccccc6ccc54)c3)c2)cc1. The molecule has 0 aliphatic heterocycles. The predicted molar refractivity (Wildman–Crippen MR) is 587 cm³/mol. The summed E-state index contributed by atoms with van der Waals surface area (Å²) in [5.74, 6) is 0. The quantitative estimate of drug-likeness (QED) is 0.122. The molecule has 28 rings (SSSR count). The first kappa shape index (κ1) is 81.3. The zero-order chi connectivity index (χ0) is 91.8. The Morgan fingerprint density at radius 3 is 0.676 bits per heavy atom. The standard InChI is InChI=1S/C47H30N2.2C43H28N2/c1-3-13-31(14-4-1)36-28-41(34-17-5-2-6-18-34)48-42(29-36)37-27-35-19-9-10-20-38(35)45(30-37)49-43-25-23-32-15-7-11-21-39(32)46(43)47-40-22-12-8-16-33(40)24-26-44(47)49;1-3-12-29(13-4-1)34-27-38(32-16-5-2-6-17-32)44-39(28-34)33-18-11-19-35(26-33)45-40-24-22-30-14-7-9-20-36(30)42(40)43-37-21-10-8-15-31(37)23-25-41(43)45;1-3-11-29(12-4-1)34-27-38(32-15-5-2-6-16-32)44-39(28-34)33-19-23-35(24-20-33)45-40-25-21-30-13-7-9-17-36(30)42(40)43-37-18-10-8-14-31(37)22-26-41(43)45/h1-30H;2*1-28H. The second-order valence-corrected chi connectivity index (χ2v) is 36.0. The minimum Gasteiger partial charge on any atom is -0.309 e. The van der Waals surface area contributed by atoms with E-state index in [0.717, 1.165) is 101 Å². The van der Waals surface area contributed by atoms with Gasteiger partial charge in [0, 0.05) is 82.5 Å². The molecule has 0 bridgehead atoms. The summed E-state index contributed by atoms with van der Waals surface area (Å²) in [6.45, 7) is 0. The van der Waals surface area contributed by atoms with E-state index in [1.807, 2.05) is 12.1 Å². The first-order valence-electron chi connectivity index (χ1n) is 47.6. The molecule has 6 aromatic heterocycles. The smallest absolute Gasteiger partial charge is 0.0716 e. The number of benzene rings is 22. The molecule has 22 aromatic carbocycles. The van der Waals surface area contributed by atoms with Crippen LogP contribution in [0.15, 0.2) is 522 Å². The van der Waals surface area contributed by atoms with E-state index in [1.54, 1.807) is 0 Å². The van der Waals surface area contributed by atoms with Gasteiger partial charge in [-0.2, -0.15) is 0 Å². The monoisotopic (exact) mass is 1770 g/mol. The molecule has 648 valence electrons. The predicted octanol–water partition coefficient (Wildman–Crippen LogP) is 35.6. The minimum absolute atomic E-state index is 0.948. The molecule has 0 N–H and O–H groups in total. The molecule has 6 heteroatoms. The second kappa shape index (κ2) is 34.5. The molecule has 0 aliphatic carbocycles. The third-order valence-corrected chi connectivity index (χ3v) is 27.8. The number of hydrogen-bond donors (Lipinski definition) is 0. The van der Waals surface area contributed by atoms with Crippen LogP contribution in [0.25, 0.3) is 259 Å². The largest absolute Gasteiger partial charge is 0.309 e. The molecule has 0 saturated carbocycles. The fourth-order valence-electron chi connectivity index (χ4n) is 21.4. The minimum atomic E-state index is 0.948. The highest BCUT2D eigenvalue weighted by molar-refractivity contribution is 6.32. The Morgan fingerprint density at radius 1 is 0.122 bits per heavy atom. The second-order valence-electron chi connectivity index (χ2n) is 36.0. The topological polar surface area (TPSA) is 53.5 Å². The van der Waals surface area contributed by atoms with Gasteiger partial charge < -0.3 is 13.7 Å². The van der Waals surface area contributed by atoms with E-state index in [1.165, 1.54) is 158 Å². The van der Waals surface area contributed by atoms with E-state index in [2.05, 4.69) is 523 Å². The fraction of sp³-hybridized carbons (Fsp3) is 0. The molecular weight excluding hydrogens is 1680 g/mol. The van der Waals surface area contributed by atoms with Gasteiger partial charge in [0.1, 0.15) is 0 Å². The highest BCUT2D eigenvalue weighted by atomic mass is 15.0. The average molecular weight is 1770 g/mol. The van der Waals surface area contributed by atoms with Gasteiger partial charge in [-0.3, -0.25) is 0 Å². The Hall–Kier alpha value is -18.5. The molecule has 0 radical (unpaired) electrons. The molecule has 0 aliphatic rings. The van der Waals surface area contributed by atoms with Crippen molar-refractivity contribution in [1.29, 1.82) is 0 Å². The van der Waals surface area contributed by atoms with Crippen LogP contribution in [-0.2, 0) is 0 Å². The maximum atomic E-state index is 5.33. The number of nitrogens with zero attached hydrogens (tertiary/aromatic N) is 6. The third-order valence-electron chi connectivity index (χ3n) is 27.8. The van der Waals surface area contributed by atoms with Gasteiger partial charge in [0.25, 0.3) is 0 Å². The molecule has 6 heterocycles. The summed E-state index contributed by atoms with van der Waals surface area (Å²) >= 11 is 0. The van der Waals surface area contributed by atoms with Crippen LogP contribution in [0.5, 0.6) is 0 Å². The molecule has 0 amide bonds. The van der Waals surface area contributed by atoms with Gasteiger partial charge in [0.2, 0.25) is 0 Å². The number of fused-ring (bicyclic) bond motifs is 22. The van der Waals surface area contributed by atoms with Gasteiger partial charge in [-0.25, -0.2) is 15.0 Å². The van der Waals surface area contributed by atoms with Crippen molar-refractivity contribution in [3.63, 3.8) is 0 Å². The molecule has 28 aromatic rings. The van der Waals surface area contributed by atoms with Crippen molar-refractivity contribution in [2.75, 3.05) is 0 Å². The van der Waals surface area contributed by atoms with Crippen molar-refractivity contribution in [1.82, 2.24) is 28.7 Å². The lowest BCUT2D eigenvalue weighted by molar-refractivity contribution is 1.18. The first-order chi connectivity index (χ1) is 68.9. The van der Waals surface area contributed by atoms with Crippen molar-refractivity contribution in [3.05, 3.63) is 522 Å². The molecule has 6 nitrogen and oxygen atoms in total. The molecule has 0 unspecified atom stereocenters. The molecule has 0 atom stereocenters. The maximum absolute atomic E-state index is 5.33. The van der Waals surface area contributed by atoms with Crippen LogP contribution >= 0.6 is 0 Å². The normalized spacial score (nSPS) is 11.6. The Bertz CT molecular complexity index is 9210. The summed E-state index contributed by atoms with van der Waals surface area (Å²) in [5, 5.41) is 25.3. The molecule has 0 spiro atoms. The van der Waals surface area contributed by atoms with E-state index >= 15 is 0 Å². The molecule has 0 fully saturated rings. The highest BCUT2D eigenvalue weighted by Gasteiger charge is 2.25. The first-order valence-corrected chi connectivity index (χ1v) is 47.6. The lowest BCUT2D eigenvalue weighted by Crippen LogP contribution is -1.98. The Balaban J connectivity index is 0.000000108. The van der Waals surface area contributed by atoms with E-state index < -0.39 is 0 Å². The van der Waals surface area contributed by atoms with Gasteiger partial charge >= 0.3 is 0 Å². The number of rotatable bonds is 12. The van der Waals surface area contributed by atoms with Gasteiger partial charge in [-0.15, -0.1) is 0 Å². The van der Waals surface area contributed by atoms with Gasteiger partial charge in [-0.1, -0.05) is 413 Å². The van der Waals surface area contributed by atoms with Crippen molar-refractivity contribution in [2.24, 2.45) is 0 Å². The van der Waals surface area contributed by atoms with Gasteiger partial charge in [-0.05, 0) is 213 Å².